The van der Waals surface area contributed by atoms with Crippen LogP contribution in [0.15, 0.2) is 65.5 Å². The molecule has 2 heterocycles. The summed E-state index contributed by atoms with van der Waals surface area (Å²) in [6.07, 6.45) is 0.734. The van der Waals surface area contributed by atoms with Crippen molar-refractivity contribution in [1.29, 1.82) is 0 Å². The van der Waals surface area contributed by atoms with E-state index in [2.05, 4.69) is 0 Å². The standard InChI is InChI=1S/C29H27N3O6/c1-36-22-12-11-18(17-24(22)38-3)13-15-31-25(30-26-21(29(31)35)9-6-10-23(26)37-2)14-16-32-27(33)19-7-4-5-8-20(19)28(32)34/h4-12,17H,13-16H2,1-3H3. The lowest BCUT2D eigenvalue weighted by Crippen LogP contribution is -2.34. The van der Waals surface area contributed by atoms with Crippen molar-refractivity contribution in [2.24, 2.45) is 0 Å². The molecule has 4 aromatic rings. The number of carbonyl (C=O) groups is 2. The fourth-order valence-corrected chi connectivity index (χ4v) is 4.78. The fourth-order valence-electron chi connectivity index (χ4n) is 4.78. The van der Waals surface area contributed by atoms with Crippen molar-refractivity contribution < 1.29 is 23.8 Å². The van der Waals surface area contributed by atoms with Gasteiger partial charge in [0.1, 0.15) is 17.1 Å². The van der Waals surface area contributed by atoms with Gasteiger partial charge in [0.25, 0.3) is 17.4 Å². The molecule has 38 heavy (non-hydrogen) atoms. The summed E-state index contributed by atoms with van der Waals surface area (Å²) in [7, 11) is 4.67. The molecule has 0 aliphatic carbocycles. The molecule has 2 amide bonds. The highest BCUT2D eigenvalue weighted by Gasteiger charge is 2.35. The van der Waals surface area contributed by atoms with Gasteiger partial charge >= 0.3 is 0 Å². The number of benzene rings is 3. The number of hydrogen-bond donors (Lipinski definition) is 0. The van der Waals surface area contributed by atoms with Crippen LogP contribution in [0.1, 0.15) is 32.1 Å². The number of fused-ring (bicyclic) bond motifs is 2. The number of imide groups is 1. The molecule has 1 aliphatic heterocycles. The van der Waals surface area contributed by atoms with Crippen molar-refractivity contribution in [3.63, 3.8) is 0 Å². The van der Waals surface area contributed by atoms with Gasteiger partial charge in [-0.25, -0.2) is 4.98 Å². The maximum Gasteiger partial charge on any atom is 0.261 e. The number of rotatable bonds is 9. The zero-order chi connectivity index (χ0) is 26.8. The molecule has 0 spiro atoms. The van der Waals surface area contributed by atoms with Crippen molar-refractivity contribution in [3.05, 3.63) is 93.5 Å². The monoisotopic (exact) mass is 513 g/mol. The number of amides is 2. The molecule has 0 unspecified atom stereocenters. The number of hydrogen-bond acceptors (Lipinski definition) is 7. The maximum atomic E-state index is 13.6. The number of aromatic nitrogens is 2. The number of para-hydroxylation sites is 1. The smallest absolute Gasteiger partial charge is 0.261 e. The summed E-state index contributed by atoms with van der Waals surface area (Å²) in [5, 5.41) is 0.432. The summed E-state index contributed by atoms with van der Waals surface area (Å²) in [6.45, 7) is 0.432. The zero-order valence-electron chi connectivity index (χ0n) is 21.4. The number of ether oxygens (including phenoxy) is 3. The van der Waals surface area contributed by atoms with E-state index in [0.717, 1.165) is 5.56 Å². The molecule has 0 N–H and O–H groups in total. The van der Waals surface area contributed by atoms with Crippen LogP contribution >= 0.6 is 0 Å². The molecule has 5 rings (SSSR count). The molecular formula is C29H27N3O6. The zero-order valence-corrected chi connectivity index (χ0v) is 21.4. The average Bonchev–Trinajstić information content (AvgIpc) is 3.19. The molecular weight excluding hydrogens is 486 g/mol. The summed E-state index contributed by atoms with van der Waals surface area (Å²) >= 11 is 0. The minimum atomic E-state index is -0.344. The normalized spacial score (nSPS) is 12.7. The molecule has 0 saturated heterocycles. The van der Waals surface area contributed by atoms with Crippen molar-refractivity contribution in [2.45, 2.75) is 19.4 Å². The van der Waals surface area contributed by atoms with Gasteiger partial charge in [-0.3, -0.25) is 23.9 Å². The van der Waals surface area contributed by atoms with Crippen LogP contribution in [0.2, 0.25) is 0 Å². The van der Waals surface area contributed by atoms with Crippen LogP contribution < -0.4 is 19.8 Å². The van der Waals surface area contributed by atoms with E-state index >= 15 is 0 Å². The van der Waals surface area contributed by atoms with Crippen molar-refractivity contribution in [3.8, 4) is 17.2 Å². The summed E-state index contributed by atoms with van der Waals surface area (Å²) in [4.78, 5) is 45.4. The van der Waals surface area contributed by atoms with Gasteiger partial charge < -0.3 is 14.2 Å². The number of aryl methyl sites for hydroxylation is 1. The van der Waals surface area contributed by atoms with E-state index in [1.807, 2.05) is 18.2 Å². The van der Waals surface area contributed by atoms with Crippen LogP contribution in [0.3, 0.4) is 0 Å². The average molecular weight is 514 g/mol. The van der Waals surface area contributed by atoms with Crippen molar-refractivity contribution in [2.75, 3.05) is 27.9 Å². The second-order valence-corrected chi connectivity index (χ2v) is 8.84. The minimum Gasteiger partial charge on any atom is -0.494 e. The van der Waals surface area contributed by atoms with Gasteiger partial charge in [0, 0.05) is 19.5 Å². The van der Waals surface area contributed by atoms with Gasteiger partial charge in [-0.05, 0) is 48.4 Å². The molecule has 0 bridgehead atoms. The molecule has 0 fully saturated rings. The highest BCUT2D eigenvalue weighted by molar-refractivity contribution is 6.21. The Hall–Kier alpha value is -4.66. The Morgan fingerprint density at radius 1 is 0.711 bits per heavy atom. The van der Waals surface area contributed by atoms with Crippen molar-refractivity contribution in [1.82, 2.24) is 14.5 Å². The third-order valence-corrected chi connectivity index (χ3v) is 6.76. The minimum absolute atomic E-state index is 0.0931. The third-order valence-electron chi connectivity index (χ3n) is 6.76. The van der Waals surface area contributed by atoms with Crippen molar-refractivity contribution >= 4 is 22.7 Å². The fraction of sp³-hybridized carbons (Fsp3) is 0.241. The van der Waals surface area contributed by atoms with Crippen LogP contribution in [0.25, 0.3) is 10.9 Å². The second kappa shape index (κ2) is 10.4. The van der Waals surface area contributed by atoms with E-state index < -0.39 is 0 Å². The molecule has 1 aliphatic rings. The largest absolute Gasteiger partial charge is 0.494 e. The van der Waals surface area contributed by atoms with E-state index in [4.69, 9.17) is 19.2 Å². The molecule has 0 radical (unpaired) electrons. The first-order chi connectivity index (χ1) is 18.5. The molecule has 0 saturated carbocycles. The van der Waals surface area contributed by atoms with E-state index in [1.54, 1.807) is 61.3 Å². The van der Waals surface area contributed by atoms with Gasteiger partial charge in [0.15, 0.2) is 11.5 Å². The lowest BCUT2D eigenvalue weighted by Gasteiger charge is -2.18. The predicted octanol–water partition coefficient (Wildman–Crippen LogP) is 3.50. The van der Waals surface area contributed by atoms with Gasteiger partial charge in [-0.15, -0.1) is 0 Å². The Bertz CT molecular complexity index is 1580. The Balaban J connectivity index is 1.49. The van der Waals surface area contributed by atoms with E-state index in [9.17, 15) is 14.4 Å². The maximum absolute atomic E-state index is 13.6. The van der Waals surface area contributed by atoms with Gasteiger partial charge in [0.05, 0.1) is 37.8 Å². The van der Waals surface area contributed by atoms with Crippen LogP contribution in [0, 0.1) is 0 Å². The Kier molecular flexibility index (Phi) is 6.83. The van der Waals surface area contributed by atoms with Gasteiger partial charge in [-0.2, -0.15) is 0 Å². The molecule has 1 aromatic heterocycles. The lowest BCUT2D eigenvalue weighted by atomic mass is 10.1. The van der Waals surface area contributed by atoms with Gasteiger partial charge in [-0.1, -0.05) is 24.3 Å². The highest BCUT2D eigenvalue weighted by Crippen LogP contribution is 2.28. The molecule has 3 aromatic carbocycles. The van der Waals surface area contributed by atoms with Crippen LogP contribution in [0.5, 0.6) is 17.2 Å². The Labute approximate surface area is 219 Å². The highest BCUT2D eigenvalue weighted by atomic mass is 16.5. The molecule has 0 atom stereocenters. The molecule has 9 nitrogen and oxygen atoms in total. The van der Waals surface area contributed by atoms with E-state index in [-0.39, 0.29) is 30.3 Å². The summed E-state index contributed by atoms with van der Waals surface area (Å²) in [5.41, 5.74) is 1.95. The number of methoxy groups -OCH3 is 3. The second-order valence-electron chi connectivity index (χ2n) is 8.84. The topological polar surface area (TPSA) is 100.0 Å². The SMILES string of the molecule is COc1ccc(CCn2c(CCN3C(=O)c4ccccc4C3=O)nc3c(OC)cccc3c2=O)cc1OC. The van der Waals surface area contributed by atoms with E-state index in [1.165, 1.54) is 12.0 Å². The Morgan fingerprint density at radius 2 is 1.39 bits per heavy atom. The summed E-state index contributed by atoms with van der Waals surface area (Å²) in [6, 6.07) is 17.6. The number of nitrogens with zero attached hydrogens (tertiary/aromatic N) is 3. The molecule has 9 heteroatoms. The first kappa shape index (κ1) is 25.0. The summed E-state index contributed by atoms with van der Waals surface area (Å²) in [5.74, 6) is 1.48. The molecule has 194 valence electrons. The lowest BCUT2D eigenvalue weighted by molar-refractivity contribution is 0.0655. The summed E-state index contributed by atoms with van der Waals surface area (Å²) < 4.78 is 17.8. The van der Waals surface area contributed by atoms with E-state index in [0.29, 0.717) is 58.1 Å². The van der Waals surface area contributed by atoms with Crippen LogP contribution in [0.4, 0.5) is 0 Å². The van der Waals surface area contributed by atoms with Gasteiger partial charge in [0.2, 0.25) is 0 Å². The first-order valence-electron chi connectivity index (χ1n) is 12.2. The Morgan fingerprint density at radius 3 is 2.05 bits per heavy atom. The third kappa shape index (κ3) is 4.36. The van der Waals surface area contributed by atoms with Crippen LogP contribution in [-0.2, 0) is 19.4 Å². The first-order valence-corrected chi connectivity index (χ1v) is 12.2. The van der Waals surface area contributed by atoms with Crippen LogP contribution in [-0.4, -0.2) is 54.1 Å². The quantitative estimate of drug-likeness (QED) is 0.316. The predicted molar refractivity (Wildman–Crippen MR) is 141 cm³/mol. The number of carbonyl (C=O) groups excluding carboxylic acids is 2.